The molecule has 1 atom stereocenters. The van der Waals surface area contributed by atoms with Gasteiger partial charge in [-0.3, -0.25) is 0 Å². The van der Waals surface area contributed by atoms with Gasteiger partial charge in [0, 0.05) is 17.9 Å². The van der Waals surface area contributed by atoms with Crippen LogP contribution in [0.5, 0.6) is 0 Å². The average molecular weight is 149 g/mol. The van der Waals surface area contributed by atoms with Gasteiger partial charge in [-0.1, -0.05) is 13.8 Å². The molecule has 0 aliphatic carbocycles. The van der Waals surface area contributed by atoms with Crippen LogP contribution in [0.2, 0.25) is 0 Å². The highest BCUT2D eigenvalue weighted by atomic mass is 32.2. The van der Waals surface area contributed by atoms with E-state index >= 15 is 0 Å². The number of hydrogen-bond acceptors (Lipinski definition) is 2. The first-order valence-electron chi connectivity index (χ1n) is 3.43. The van der Waals surface area contributed by atoms with E-state index in [0.29, 0.717) is 0 Å². The van der Waals surface area contributed by atoms with Crippen molar-refractivity contribution in [1.29, 1.82) is 0 Å². The van der Waals surface area contributed by atoms with Gasteiger partial charge in [0.2, 0.25) is 0 Å². The number of nitrogens with one attached hydrogen (secondary N) is 1. The van der Waals surface area contributed by atoms with Crippen molar-refractivity contribution in [1.82, 2.24) is 4.72 Å². The molecule has 0 saturated carbocycles. The monoisotopic (exact) mass is 149 g/mol. The molecule has 0 bridgehead atoms. The molecule has 0 spiro atoms. The zero-order valence-electron chi connectivity index (χ0n) is 6.14. The van der Waals surface area contributed by atoms with E-state index < -0.39 is 11.4 Å². The molecule has 0 radical (unpaired) electrons. The van der Waals surface area contributed by atoms with Crippen LogP contribution in [0.25, 0.3) is 0 Å². The molecule has 0 aliphatic heterocycles. The van der Waals surface area contributed by atoms with Gasteiger partial charge in [-0.2, -0.15) is 0 Å². The summed E-state index contributed by atoms with van der Waals surface area (Å²) in [5, 5.41) is 0. The number of rotatable bonds is 5. The molecule has 2 nitrogen and oxygen atoms in total. The van der Waals surface area contributed by atoms with Crippen LogP contribution >= 0.6 is 0 Å². The first kappa shape index (κ1) is 9.27. The maximum absolute atomic E-state index is 10.8. The van der Waals surface area contributed by atoms with Gasteiger partial charge in [0.1, 0.15) is 5.75 Å². The van der Waals surface area contributed by atoms with Crippen LogP contribution in [0.1, 0.15) is 26.7 Å². The Kier molecular flexibility index (Phi) is 6.58. The molecular formula is C6H15NOS. The second-order valence-electron chi connectivity index (χ2n) is 1.94. The van der Waals surface area contributed by atoms with E-state index in [1.54, 1.807) is 0 Å². The predicted molar refractivity (Wildman–Crippen MR) is 41.6 cm³/mol. The fourth-order valence-electron chi connectivity index (χ4n) is 0.473. The fourth-order valence-corrected chi connectivity index (χ4v) is 1.42. The van der Waals surface area contributed by atoms with Gasteiger partial charge in [0.25, 0.3) is 0 Å². The van der Waals surface area contributed by atoms with Gasteiger partial charge in [0.15, 0.2) is 0 Å². The molecule has 1 unspecified atom stereocenters. The summed E-state index contributed by atoms with van der Waals surface area (Å²) in [4.78, 5) is 0. The molecule has 56 valence electrons. The maximum Gasteiger partial charge on any atom is 0.125 e. The van der Waals surface area contributed by atoms with Crippen molar-refractivity contribution >= 4 is 11.4 Å². The lowest BCUT2D eigenvalue weighted by Crippen LogP contribution is -2.26. The molecule has 0 heterocycles. The molecule has 0 aromatic rings. The van der Waals surface area contributed by atoms with E-state index in [4.69, 9.17) is 0 Å². The van der Waals surface area contributed by atoms with Crippen molar-refractivity contribution < 1.29 is 4.55 Å². The molecule has 3 heteroatoms. The summed E-state index contributed by atoms with van der Waals surface area (Å²) in [7, 11) is 0. The van der Waals surface area contributed by atoms with E-state index in [2.05, 4.69) is 11.6 Å². The summed E-state index contributed by atoms with van der Waals surface area (Å²) >= 11 is -0.770. The smallest absolute Gasteiger partial charge is 0.125 e. The highest BCUT2D eigenvalue weighted by Crippen LogP contribution is 1.87. The minimum Gasteiger partial charge on any atom is -0.598 e. The van der Waals surface area contributed by atoms with Crippen molar-refractivity contribution in [3.63, 3.8) is 0 Å². The van der Waals surface area contributed by atoms with Crippen molar-refractivity contribution in [3.05, 3.63) is 0 Å². The predicted octanol–water partition coefficient (Wildman–Crippen LogP) is 1.06. The normalized spacial score (nSPS) is 13.7. The largest absolute Gasteiger partial charge is 0.598 e. The van der Waals surface area contributed by atoms with Crippen LogP contribution in [0.3, 0.4) is 0 Å². The molecule has 0 aliphatic rings. The van der Waals surface area contributed by atoms with Gasteiger partial charge in [-0.25, -0.2) is 0 Å². The Morgan fingerprint density at radius 2 is 2.00 bits per heavy atom. The maximum atomic E-state index is 10.8. The molecule has 1 N–H and O–H groups in total. The van der Waals surface area contributed by atoms with Gasteiger partial charge >= 0.3 is 0 Å². The average Bonchev–Trinajstić information content (AvgIpc) is 1.85. The van der Waals surface area contributed by atoms with Crippen molar-refractivity contribution in [2.45, 2.75) is 26.7 Å². The fraction of sp³-hybridized carbons (Fsp3) is 1.00. The molecule has 0 saturated heterocycles. The summed E-state index contributed by atoms with van der Waals surface area (Å²) in [6, 6.07) is 0. The minimum absolute atomic E-state index is 0.770. The van der Waals surface area contributed by atoms with Gasteiger partial charge < -0.3 is 4.55 Å². The summed E-state index contributed by atoms with van der Waals surface area (Å²) in [6.45, 7) is 4.97. The lowest BCUT2D eigenvalue weighted by atomic mass is 10.5. The van der Waals surface area contributed by atoms with Crippen LogP contribution < -0.4 is 4.72 Å². The van der Waals surface area contributed by atoms with Crippen LogP contribution in [-0.4, -0.2) is 16.9 Å². The van der Waals surface area contributed by atoms with Crippen molar-refractivity contribution in [2.24, 2.45) is 0 Å². The zero-order valence-corrected chi connectivity index (χ0v) is 6.96. The van der Waals surface area contributed by atoms with E-state index in [1.165, 1.54) is 0 Å². The first-order chi connectivity index (χ1) is 4.31. The van der Waals surface area contributed by atoms with Crippen LogP contribution in [0.15, 0.2) is 0 Å². The Balaban J connectivity index is 2.95. The quantitative estimate of drug-likeness (QED) is 0.593. The highest BCUT2D eigenvalue weighted by molar-refractivity contribution is 7.89. The third-order valence-corrected chi connectivity index (χ3v) is 2.21. The van der Waals surface area contributed by atoms with Crippen molar-refractivity contribution in [2.75, 3.05) is 12.3 Å². The third-order valence-electron chi connectivity index (χ3n) is 0.903. The lowest BCUT2D eigenvalue weighted by molar-refractivity contribution is 0.578. The molecular weight excluding hydrogens is 134 g/mol. The van der Waals surface area contributed by atoms with Crippen LogP contribution in [-0.2, 0) is 11.4 Å². The van der Waals surface area contributed by atoms with Crippen LogP contribution in [0.4, 0.5) is 0 Å². The van der Waals surface area contributed by atoms with E-state index in [0.717, 1.165) is 25.1 Å². The number of hydrogen-bond donors (Lipinski definition) is 1. The van der Waals surface area contributed by atoms with Gasteiger partial charge in [-0.15, -0.1) is 4.72 Å². The second kappa shape index (κ2) is 6.39. The Bertz CT molecular complexity index is 61.0. The Morgan fingerprint density at radius 1 is 1.33 bits per heavy atom. The Labute approximate surface area is 60.3 Å². The summed E-state index contributed by atoms with van der Waals surface area (Å²) in [5.74, 6) is 0.778. The molecule has 0 amide bonds. The topological polar surface area (TPSA) is 35.1 Å². The molecule has 9 heavy (non-hydrogen) atoms. The minimum atomic E-state index is -0.770. The van der Waals surface area contributed by atoms with Gasteiger partial charge in [0.05, 0.1) is 0 Å². The second-order valence-corrected chi connectivity index (χ2v) is 3.33. The summed E-state index contributed by atoms with van der Waals surface area (Å²) in [5.41, 5.74) is 0. The summed E-state index contributed by atoms with van der Waals surface area (Å²) < 4.78 is 13.7. The zero-order chi connectivity index (χ0) is 7.11. The third kappa shape index (κ3) is 6.15. The SMILES string of the molecule is CCCN[S+]([O-])CCC. The standard InChI is InChI=1S/C6H15NOS/c1-3-5-7-9(8)6-4-2/h7H,3-6H2,1-2H3. The lowest BCUT2D eigenvalue weighted by Gasteiger charge is -2.07. The highest BCUT2D eigenvalue weighted by Gasteiger charge is 1.99. The summed E-state index contributed by atoms with van der Waals surface area (Å²) in [6.07, 6.45) is 2.04. The van der Waals surface area contributed by atoms with E-state index in [9.17, 15) is 4.55 Å². The molecule has 0 rings (SSSR count). The van der Waals surface area contributed by atoms with E-state index in [1.807, 2.05) is 6.92 Å². The van der Waals surface area contributed by atoms with E-state index in [-0.39, 0.29) is 0 Å². The Hall–Kier alpha value is 0.270. The van der Waals surface area contributed by atoms with Gasteiger partial charge in [-0.05, 0) is 12.8 Å². The first-order valence-corrected chi connectivity index (χ1v) is 4.75. The molecule has 0 aromatic heterocycles. The molecule has 0 fully saturated rings. The van der Waals surface area contributed by atoms with Crippen LogP contribution in [0, 0.1) is 0 Å². The Morgan fingerprint density at radius 3 is 2.44 bits per heavy atom. The molecule has 0 aromatic carbocycles. The van der Waals surface area contributed by atoms with Crippen molar-refractivity contribution in [3.8, 4) is 0 Å².